The first-order chi connectivity index (χ1) is 15.6. The van der Waals surface area contributed by atoms with Gasteiger partial charge in [0.05, 0.1) is 11.1 Å². The van der Waals surface area contributed by atoms with Gasteiger partial charge in [0.2, 0.25) is 11.8 Å². The van der Waals surface area contributed by atoms with Gasteiger partial charge in [0.1, 0.15) is 18.1 Å². The van der Waals surface area contributed by atoms with E-state index in [0.717, 1.165) is 0 Å². The van der Waals surface area contributed by atoms with Crippen molar-refractivity contribution in [2.45, 2.75) is 38.8 Å². The Morgan fingerprint density at radius 1 is 1.36 bits per heavy atom. The Bertz CT molecular complexity index is 985. The topological polar surface area (TPSA) is 105 Å². The highest BCUT2D eigenvalue weighted by Gasteiger charge is 2.69. The largest absolute Gasteiger partial charge is 0.482 e. The Kier molecular flexibility index (Phi) is 6.60. The Morgan fingerprint density at radius 3 is 2.76 bits per heavy atom. The summed E-state index contributed by atoms with van der Waals surface area (Å²) in [6.07, 6.45) is 1.54. The highest BCUT2D eigenvalue weighted by Crippen LogP contribution is 2.64. The molecular formula is C23H27Cl2N3O5. The van der Waals surface area contributed by atoms with Gasteiger partial charge in [-0.05, 0) is 48.3 Å². The lowest BCUT2D eigenvalue weighted by Crippen LogP contribution is -2.53. The highest BCUT2D eigenvalue weighted by molar-refractivity contribution is 6.35. The number of hydrogen-bond donors (Lipinski definition) is 2. The summed E-state index contributed by atoms with van der Waals surface area (Å²) in [7, 11) is 0. The SMILES string of the molecule is CC1(C)[C@@H]2C(C(=O)N[C@H](C=O)C[C@@H]3CCNC3=O)N(C(=O)COc3ccc(Cl)cc3Cl)C[C@@H]21. The average molecular weight is 496 g/mol. The summed E-state index contributed by atoms with van der Waals surface area (Å²) in [6, 6.07) is 3.24. The molecule has 1 saturated carbocycles. The number of ether oxygens (including phenoxy) is 1. The lowest BCUT2D eigenvalue weighted by atomic mass is 9.97. The minimum absolute atomic E-state index is 0.00245. The fraction of sp³-hybridized carbons (Fsp3) is 0.565. The molecule has 1 unspecified atom stereocenters. The molecule has 1 aliphatic carbocycles. The minimum atomic E-state index is -0.784. The summed E-state index contributed by atoms with van der Waals surface area (Å²) in [5.74, 6) is -0.576. The number of aldehydes is 1. The molecule has 0 aromatic heterocycles. The van der Waals surface area contributed by atoms with E-state index in [2.05, 4.69) is 24.5 Å². The van der Waals surface area contributed by atoms with Gasteiger partial charge in [-0.25, -0.2) is 0 Å². The maximum Gasteiger partial charge on any atom is 0.261 e. The van der Waals surface area contributed by atoms with Gasteiger partial charge < -0.3 is 25.1 Å². The van der Waals surface area contributed by atoms with E-state index < -0.39 is 12.1 Å². The molecule has 2 heterocycles. The summed E-state index contributed by atoms with van der Waals surface area (Å²) in [4.78, 5) is 51.3. The zero-order valence-electron chi connectivity index (χ0n) is 18.5. The molecule has 4 rings (SSSR count). The molecule has 8 nitrogen and oxygen atoms in total. The Morgan fingerprint density at radius 2 is 2.12 bits per heavy atom. The molecule has 1 aromatic carbocycles. The summed E-state index contributed by atoms with van der Waals surface area (Å²) in [5, 5.41) is 6.25. The molecule has 3 fully saturated rings. The van der Waals surface area contributed by atoms with Crippen molar-refractivity contribution in [2.24, 2.45) is 23.2 Å². The van der Waals surface area contributed by atoms with Crippen LogP contribution in [0.15, 0.2) is 18.2 Å². The third-order valence-electron chi connectivity index (χ3n) is 7.24. The smallest absolute Gasteiger partial charge is 0.261 e. The summed E-state index contributed by atoms with van der Waals surface area (Å²) >= 11 is 12.0. The van der Waals surface area contributed by atoms with Crippen molar-refractivity contribution in [1.82, 2.24) is 15.5 Å². The van der Waals surface area contributed by atoms with Crippen molar-refractivity contribution in [3.8, 4) is 5.75 Å². The van der Waals surface area contributed by atoms with Crippen LogP contribution in [0.3, 0.4) is 0 Å². The van der Waals surface area contributed by atoms with Gasteiger partial charge in [0.15, 0.2) is 6.61 Å². The zero-order chi connectivity index (χ0) is 23.9. The minimum Gasteiger partial charge on any atom is -0.482 e. The number of halogens is 2. The first-order valence-corrected chi connectivity index (χ1v) is 11.8. The standard InChI is InChI=1S/C23H27Cl2N3O5/c1-23(2)15-9-28(18(30)11-33-17-4-3-13(24)8-16(17)25)20(19(15)23)22(32)27-14(10-29)7-12-5-6-26-21(12)31/h3-4,8,10,12,14-15,19-20H,5-7,9,11H2,1-2H3,(H,26,31)(H,27,32)/t12-,14-,15-,19-,20?/m0/s1. The molecule has 0 bridgehead atoms. The second kappa shape index (κ2) is 9.14. The van der Waals surface area contributed by atoms with Crippen molar-refractivity contribution < 1.29 is 23.9 Å². The van der Waals surface area contributed by atoms with Gasteiger partial charge >= 0.3 is 0 Å². The van der Waals surface area contributed by atoms with Crippen LogP contribution in [0.2, 0.25) is 10.0 Å². The normalized spacial score (nSPS) is 28.0. The lowest BCUT2D eigenvalue weighted by molar-refractivity contribution is -0.142. The van der Waals surface area contributed by atoms with Gasteiger partial charge in [0.25, 0.3) is 5.91 Å². The number of fused-ring (bicyclic) bond motifs is 1. The number of amides is 3. The second-order valence-electron chi connectivity index (χ2n) is 9.57. The van der Waals surface area contributed by atoms with Crippen LogP contribution in [0.4, 0.5) is 0 Å². The van der Waals surface area contributed by atoms with Crippen molar-refractivity contribution in [2.75, 3.05) is 19.7 Å². The van der Waals surface area contributed by atoms with Crippen LogP contribution in [0, 0.1) is 23.2 Å². The maximum absolute atomic E-state index is 13.2. The molecule has 1 aromatic rings. The van der Waals surface area contributed by atoms with Crippen LogP contribution < -0.4 is 15.4 Å². The van der Waals surface area contributed by atoms with E-state index in [1.165, 1.54) is 11.0 Å². The molecular weight excluding hydrogens is 469 g/mol. The first kappa shape index (κ1) is 23.8. The number of nitrogens with one attached hydrogen (secondary N) is 2. The lowest BCUT2D eigenvalue weighted by Gasteiger charge is -2.31. The molecule has 2 saturated heterocycles. The van der Waals surface area contributed by atoms with Crippen LogP contribution >= 0.6 is 23.2 Å². The van der Waals surface area contributed by atoms with Crippen LogP contribution in [0.5, 0.6) is 5.75 Å². The number of carbonyl (C=O) groups is 4. The number of likely N-dealkylation sites (tertiary alicyclic amines) is 1. The van der Waals surface area contributed by atoms with Crippen LogP contribution in [0.1, 0.15) is 26.7 Å². The van der Waals surface area contributed by atoms with Crippen LogP contribution in [-0.2, 0) is 19.2 Å². The van der Waals surface area contributed by atoms with Crippen LogP contribution in [0.25, 0.3) is 0 Å². The first-order valence-electron chi connectivity index (χ1n) is 11.0. The van der Waals surface area contributed by atoms with Crippen molar-refractivity contribution in [1.29, 1.82) is 0 Å². The fourth-order valence-corrected chi connectivity index (χ4v) is 5.71. The van der Waals surface area contributed by atoms with Crippen molar-refractivity contribution >= 4 is 47.2 Å². The van der Waals surface area contributed by atoms with Crippen molar-refractivity contribution in [3.05, 3.63) is 28.2 Å². The Hall–Kier alpha value is -2.32. The Labute approximate surface area is 202 Å². The Balaban J connectivity index is 1.42. The maximum atomic E-state index is 13.2. The van der Waals surface area contributed by atoms with Gasteiger partial charge in [-0.3, -0.25) is 14.4 Å². The molecule has 5 atom stereocenters. The van der Waals surface area contributed by atoms with Gasteiger partial charge in [-0.2, -0.15) is 0 Å². The van der Waals surface area contributed by atoms with E-state index in [0.29, 0.717) is 41.6 Å². The third kappa shape index (κ3) is 4.68. The number of piperidine rings is 1. The molecule has 178 valence electrons. The predicted molar refractivity (Wildman–Crippen MR) is 122 cm³/mol. The monoisotopic (exact) mass is 495 g/mol. The summed E-state index contributed by atoms with van der Waals surface area (Å²) < 4.78 is 5.58. The highest BCUT2D eigenvalue weighted by atomic mass is 35.5. The molecule has 0 radical (unpaired) electrons. The quantitative estimate of drug-likeness (QED) is 0.537. The number of nitrogens with zero attached hydrogens (tertiary/aromatic N) is 1. The van der Waals surface area contributed by atoms with E-state index in [4.69, 9.17) is 27.9 Å². The molecule has 33 heavy (non-hydrogen) atoms. The van der Waals surface area contributed by atoms with Gasteiger partial charge in [0, 0.05) is 24.0 Å². The number of benzene rings is 1. The third-order valence-corrected chi connectivity index (χ3v) is 7.77. The van der Waals surface area contributed by atoms with Crippen molar-refractivity contribution in [3.63, 3.8) is 0 Å². The van der Waals surface area contributed by atoms with E-state index in [9.17, 15) is 19.2 Å². The zero-order valence-corrected chi connectivity index (χ0v) is 20.0. The van der Waals surface area contributed by atoms with E-state index >= 15 is 0 Å². The molecule has 2 N–H and O–H groups in total. The molecule has 3 aliphatic rings. The van der Waals surface area contributed by atoms with Crippen LogP contribution in [-0.4, -0.2) is 60.7 Å². The number of hydrogen-bond acceptors (Lipinski definition) is 5. The molecule has 2 aliphatic heterocycles. The molecule has 3 amide bonds. The molecule has 10 heteroatoms. The average Bonchev–Trinajstić information content (AvgIpc) is 3.12. The van der Waals surface area contributed by atoms with E-state index in [1.54, 1.807) is 12.1 Å². The molecule has 0 spiro atoms. The van der Waals surface area contributed by atoms with Gasteiger partial charge in [-0.15, -0.1) is 0 Å². The van der Waals surface area contributed by atoms with E-state index in [-0.39, 0.29) is 53.9 Å². The number of carbonyl (C=O) groups excluding carboxylic acids is 4. The van der Waals surface area contributed by atoms with E-state index in [1.807, 2.05) is 0 Å². The predicted octanol–water partition coefficient (Wildman–Crippen LogP) is 2.07. The second-order valence-corrected chi connectivity index (χ2v) is 10.4. The fourth-order valence-electron chi connectivity index (χ4n) is 5.25. The number of rotatable bonds is 8. The summed E-state index contributed by atoms with van der Waals surface area (Å²) in [5.41, 5.74) is -0.0683. The summed E-state index contributed by atoms with van der Waals surface area (Å²) in [6.45, 7) is 4.90. The van der Waals surface area contributed by atoms with Gasteiger partial charge in [-0.1, -0.05) is 37.0 Å².